The first kappa shape index (κ1) is 11.7. The molecule has 0 fully saturated rings. The molecule has 5 heteroatoms. The first-order chi connectivity index (χ1) is 8.74. The van der Waals surface area contributed by atoms with Crippen LogP contribution in [0.2, 0.25) is 0 Å². The van der Waals surface area contributed by atoms with Crippen LogP contribution in [-0.2, 0) is 0 Å². The molecule has 0 aliphatic carbocycles. The van der Waals surface area contributed by atoms with Crippen molar-refractivity contribution in [2.45, 2.75) is 0 Å². The topological polar surface area (TPSA) is 38.7 Å². The van der Waals surface area contributed by atoms with Crippen molar-refractivity contribution in [3.8, 4) is 11.4 Å². The Morgan fingerprint density at radius 2 is 1.83 bits per heavy atom. The van der Waals surface area contributed by atoms with Crippen molar-refractivity contribution in [3.63, 3.8) is 0 Å². The molecule has 0 aliphatic heterocycles. The molecule has 0 radical (unpaired) electrons. The molecular weight excluding hydrogens is 358 g/mol. The molecule has 0 bridgehead atoms. The third-order valence-corrected chi connectivity index (χ3v) is 3.60. The summed E-state index contributed by atoms with van der Waals surface area (Å²) in [4.78, 5) is 12.9. The molecule has 0 spiro atoms. The Balaban J connectivity index is 2.23. The summed E-state index contributed by atoms with van der Waals surface area (Å²) in [6.45, 7) is 0. The van der Waals surface area contributed by atoms with Crippen LogP contribution < -0.4 is 0 Å². The van der Waals surface area contributed by atoms with Crippen LogP contribution in [0.3, 0.4) is 0 Å². The molecule has 1 aromatic carbocycles. The molecule has 3 rings (SSSR count). The van der Waals surface area contributed by atoms with E-state index in [1.807, 2.05) is 24.3 Å². The van der Waals surface area contributed by atoms with E-state index in [-0.39, 0.29) is 0 Å². The fourth-order valence-electron chi connectivity index (χ4n) is 1.73. The van der Waals surface area contributed by atoms with Gasteiger partial charge in [0, 0.05) is 26.7 Å². The van der Waals surface area contributed by atoms with E-state index >= 15 is 0 Å². The third kappa shape index (κ3) is 2.15. The van der Waals surface area contributed by atoms with Gasteiger partial charge in [0.1, 0.15) is 5.69 Å². The number of benzene rings is 1. The van der Waals surface area contributed by atoms with Crippen LogP contribution in [0.1, 0.15) is 0 Å². The van der Waals surface area contributed by atoms with Crippen LogP contribution >= 0.6 is 31.9 Å². The second kappa shape index (κ2) is 4.74. The van der Waals surface area contributed by atoms with Crippen LogP contribution in [0.5, 0.6) is 0 Å². The van der Waals surface area contributed by atoms with Gasteiger partial charge in [-0.25, -0.2) is 4.98 Å². The summed E-state index contributed by atoms with van der Waals surface area (Å²) in [5.74, 6) is 0. The monoisotopic (exact) mass is 363 g/mol. The van der Waals surface area contributed by atoms with Gasteiger partial charge in [-0.1, -0.05) is 22.0 Å². The van der Waals surface area contributed by atoms with E-state index in [0.717, 1.165) is 31.2 Å². The van der Waals surface area contributed by atoms with Crippen molar-refractivity contribution < 1.29 is 0 Å². The molecule has 0 saturated carbocycles. The number of hydrogen-bond acceptors (Lipinski definition) is 3. The minimum atomic E-state index is 0.772. The van der Waals surface area contributed by atoms with Gasteiger partial charge in [0.2, 0.25) is 0 Å². The van der Waals surface area contributed by atoms with Gasteiger partial charge in [0.15, 0.2) is 0 Å². The Morgan fingerprint density at radius 1 is 0.944 bits per heavy atom. The van der Waals surface area contributed by atoms with E-state index < -0.39 is 0 Å². The lowest BCUT2D eigenvalue weighted by Gasteiger charge is -2.04. The number of rotatable bonds is 1. The molecule has 0 N–H and O–H groups in total. The zero-order valence-corrected chi connectivity index (χ0v) is 12.3. The van der Waals surface area contributed by atoms with E-state index in [0.29, 0.717) is 0 Å². The molecule has 3 aromatic rings. The highest BCUT2D eigenvalue weighted by molar-refractivity contribution is 9.11. The van der Waals surface area contributed by atoms with Crippen LogP contribution in [0.4, 0.5) is 0 Å². The molecule has 88 valence electrons. The summed E-state index contributed by atoms with van der Waals surface area (Å²) < 4.78 is 1.98. The molecular formula is C13H7Br2N3. The Hall–Kier alpha value is -1.33. The Labute approximate surface area is 121 Å². The first-order valence-electron chi connectivity index (χ1n) is 5.26. The normalized spacial score (nSPS) is 10.8. The van der Waals surface area contributed by atoms with Gasteiger partial charge in [-0.15, -0.1) is 0 Å². The zero-order chi connectivity index (χ0) is 12.5. The molecule has 18 heavy (non-hydrogen) atoms. The van der Waals surface area contributed by atoms with Crippen molar-refractivity contribution in [1.29, 1.82) is 0 Å². The van der Waals surface area contributed by atoms with E-state index in [4.69, 9.17) is 0 Å². The summed E-state index contributed by atoms with van der Waals surface area (Å²) in [6, 6.07) is 8.00. The maximum atomic E-state index is 4.62. The van der Waals surface area contributed by atoms with Crippen molar-refractivity contribution >= 4 is 42.8 Å². The van der Waals surface area contributed by atoms with E-state index in [1.54, 1.807) is 18.6 Å². The average Bonchev–Trinajstić information content (AvgIpc) is 2.39. The summed E-state index contributed by atoms with van der Waals surface area (Å²) >= 11 is 6.99. The summed E-state index contributed by atoms with van der Waals surface area (Å²) in [6.07, 6.45) is 5.02. The molecule has 0 amide bonds. The molecule has 2 aromatic heterocycles. The van der Waals surface area contributed by atoms with E-state index in [9.17, 15) is 0 Å². The lowest BCUT2D eigenvalue weighted by atomic mass is 10.2. The minimum absolute atomic E-state index is 0.772. The van der Waals surface area contributed by atoms with Gasteiger partial charge < -0.3 is 0 Å². The second-order valence-electron chi connectivity index (χ2n) is 3.75. The van der Waals surface area contributed by atoms with E-state index in [1.165, 1.54) is 0 Å². The summed E-state index contributed by atoms with van der Waals surface area (Å²) in [5.41, 5.74) is 2.51. The quantitative estimate of drug-likeness (QED) is 0.649. The van der Waals surface area contributed by atoms with Gasteiger partial charge in [-0.2, -0.15) is 0 Å². The van der Waals surface area contributed by atoms with Crippen molar-refractivity contribution in [1.82, 2.24) is 15.0 Å². The predicted octanol–water partition coefficient (Wildman–Crippen LogP) is 4.22. The molecule has 0 saturated heterocycles. The molecule has 0 aliphatic rings. The number of aromatic nitrogens is 3. The van der Waals surface area contributed by atoms with Crippen molar-refractivity contribution in [3.05, 3.63) is 51.8 Å². The lowest BCUT2D eigenvalue weighted by molar-refractivity contribution is 1.18. The highest BCUT2D eigenvalue weighted by Gasteiger charge is 2.06. The van der Waals surface area contributed by atoms with Crippen LogP contribution in [-0.4, -0.2) is 15.0 Å². The summed E-state index contributed by atoms with van der Waals surface area (Å²) in [5, 5.41) is 1.07. The fraction of sp³-hybridized carbons (Fsp3) is 0. The first-order valence-corrected chi connectivity index (χ1v) is 6.85. The van der Waals surface area contributed by atoms with Crippen LogP contribution in [0.15, 0.2) is 51.8 Å². The minimum Gasteiger partial charge on any atom is -0.261 e. The molecule has 2 heterocycles. The Kier molecular flexibility index (Phi) is 3.09. The van der Waals surface area contributed by atoms with Gasteiger partial charge in [-0.3, -0.25) is 9.97 Å². The largest absolute Gasteiger partial charge is 0.261 e. The number of pyridine rings is 1. The van der Waals surface area contributed by atoms with Crippen LogP contribution in [0.25, 0.3) is 22.3 Å². The number of nitrogens with zero attached hydrogens (tertiary/aromatic N) is 3. The maximum absolute atomic E-state index is 4.62. The number of halogens is 2. The van der Waals surface area contributed by atoms with Crippen molar-refractivity contribution in [2.24, 2.45) is 0 Å². The Bertz CT molecular complexity index is 714. The van der Waals surface area contributed by atoms with Gasteiger partial charge >= 0.3 is 0 Å². The number of hydrogen-bond donors (Lipinski definition) is 0. The standard InChI is InChI=1S/C13H7Br2N3/c14-9-5-8-1-2-11(12-7-16-3-4-17-12)18-13(8)10(15)6-9/h1-7H. The molecule has 3 nitrogen and oxygen atoms in total. The highest BCUT2D eigenvalue weighted by atomic mass is 79.9. The van der Waals surface area contributed by atoms with Gasteiger partial charge in [0.25, 0.3) is 0 Å². The van der Waals surface area contributed by atoms with Crippen LogP contribution in [0, 0.1) is 0 Å². The molecule has 0 atom stereocenters. The Morgan fingerprint density at radius 3 is 2.61 bits per heavy atom. The van der Waals surface area contributed by atoms with Gasteiger partial charge in [0.05, 0.1) is 17.4 Å². The predicted molar refractivity (Wildman–Crippen MR) is 78.2 cm³/mol. The highest BCUT2D eigenvalue weighted by Crippen LogP contribution is 2.28. The maximum Gasteiger partial charge on any atom is 0.107 e. The second-order valence-corrected chi connectivity index (χ2v) is 5.52. The smallest absolute Gasteiger partial charge is 0.107 e. The van der Waals surface area contributed by atoms with Gasteiger partial charge in [-0.05, 0) is 34.1 Å². The third-order valence-electron chi connectivity index (χ3n) is 2.54. The SMILES string of the molecule is Brc1cc(Br)c2nc(-c3cnccn3)ccc2c1. The van der Waals surface area contributed by atoms with E-state index in [2.05, 4.69) is 46.8 Å². The average molecular weight is 365 g/mol. The lowest BCUT2D eigenvalue weighted by Crippen LogP contribution is -1.89. The summed E-state index contributed by atoms with van der Waals surface area (Å²) in [7, 11) is 0. The number of fused-ring (bicyclic) bond motifs is 1. The fourth-order valence-corrected chi connectivity index (χ4v) is 3.08. The van der Waals surface area contributed by atoms with Crippen molar-refractivity contribution in [2.75, 3.05) is 0 Å². The zero-order valence-electron chi connectivity index (χ0n) is 9.14. The molecule has 0 unspecified atom stereocenters.